The summed E-state index contributed by atoms with van der Waals surface area (Å²) in [5, 5.41) is 0. The van der Waals surface area contributed by atoms with E-state index in [0.29, 0.717) is 0 Å². The number of carbonyl (C=O) groups is 1. The molecule has 0 heterocycles. The van der Waals surface area contributed by atoms with Crippen molar-refractivity contribution in [3.8, 4) is 0 Å². The summed E-state index contributed by atoms with van der Waals surface area (Å²) in [4.78, 5) is 11.1. The third kappa shape index (κ3) is 6.10. The average Bonchev–Trinajstić information content (AvgIpc) is 2.26. The largest absolute Gasteiger partial charge is 0.459 e. The first-order valence-electron chi connectivity index (χ1n) is 5.61. The van der Waals surface area contributed by atoms with E-state index in [4.69, 9.17) is 4.74 Å². The van der Waals surface area contributed by atoms with Gasteiger partial charge >= 0.3 is 5.97 Å². The quantitative estimate of drug-likeness (QED) is 0.265. The van der Waals surface area contributed by atoms with E-state index in [9.17, 15) is 4.79 Å². The molecule has 0 aliphatic heterocycles. The Morgan fingerprint density at radius 2 is 2.07 bits per heavy atom. The van der Waals surface area contributed by atoms with Gasteiger partial charge in [0, 0.05) is 12.0 Å². The summed E-state index contributed by atoms with van der Waals surface area (Å²) >= 11 is 0. The maximum absolute atomic E-state index is 11.1. The Morgan fingerprint density at radius 3 is 2.53 bits per heavy atom. The number of unbranched alkanes of at least 4 members (excludes halogenated alkanes) is 2. The van der Waals surface area contributed by atoms with Crippen molar-refractivity contribution < 1.29 is 9.53 Å². The van der Waals surface area contributed by atoms with E-state index in [1.165, 1.54) is 18.9 Å². The maximum atomic E-state index is 11.1. The summed E-state index contributed by atoms with van der Waals surface area (Å²) in [5.74, 6) is -0.143. The molecule has 0 aromatic rings. The second kappa shape index (κ2) is 8.27. The molecule has 0 bridgehead atoms. The minimum absolute atomic E-state index is 0.0560. The highest BCUT2D eigenvalue weighted by atomic mass is 16.5. The van der Waals surface area contributed by atoms with Crippen molar-refractivity contribution in [3.05, 3.63) is 25.3 Å². The molecule has 0 aliphatic carbocycles. The van der Waals surface area contributed by atoms with E-state index in [1.54, 1.807) is 0 Å². The molecule has 2 atom stereocenters. The molecular weight excluding hydrogens is 188 g/mol. The predicted octanol–water partition coefficient (Wildman–Crippen LogP) is 3.49. The lowest BCUT2D eigenvalue weighted by atomic mass is 9.99. The van der Waals surface area contributed by atoms with Gasteiger partial charge in [-0.05, 0) is 12.8 Å². The van der Waals surface area contributed by atoms with E-state index in [0.717, 1.165) is 12.8 Å². The van der Waals surface area contributed by atoms with Crippen molar-refractivity contribution in [2.45, 2.75) is 45.6 Å². The third-order valence-corrected chi connectivity index (χ3v) is 2.48. The molecule has 0 amide bonds. The number of rotatable bonds is 8. The van der Waals surface area contributed by atoms with Crippen LogP contribution in [0.5, 0.6) is 0 Å². The van der Waals surface area contributed by atoms with Crippen molar-refractivity contribution in [1.82, 2.24) is 0 Å². The minimum atomic E-state index is -0.342. The Labute approximate surface area is 93.0 Å². The molecule has 0 saturated carbocycles. The molecule has 0 rings (SSSR count). The number of hydrogen-bond donors (Lipinski definition) is 0. The van der Waals surface area contributed by atoms with Crippen LogP contribution in [0.1, 0.15) is 39.5 Å². The SMILES string of the molecule is C=CC(=O)O[C@@H](CCCCC)[C@@H](C)C=C. The van der Waals surface area contributed by atoms with Crippen LogP contribution in [-0.4, -0.2) is 12.1 Å². The molecule has 0 N–H and O–H groups in total. The maximum Gasteiger partial charge on any atom is 0.330 e. The lowest BCUT2D eigenvalue weighted by Gasteiger charge is -2.21. The normalized spacial score (nSPS) is 14.0. The van der Waals surface area contributed by atoms with Gasteiger partial charge in [0.15, 0.2) is 0 Å². The van der Waals surface area contributed by atoms with Gasteiger partial charge in [0.2, 0.25) is 0 Å². The highest BCUT2D eigenvalue weighted by Crippen LogP contribution is 2.16. The van der Waals surface area contributed by atoms with Crippen LogP contribution in [0.25, 0.3) is 0 Å². The minimum Gasteiger partial charge on any atom is -0.459 e. The molecular formula is C13H22O2. The average molecular weight is 210 g/mol. The van der Waals surface area contributed by atoms with Crippen LogP contribution in [0.15, 0.2) is 25.3 Å². The predicted molar refractivity (Wildman–Crippen MR) is 63.6 cm³/mol. The van der Waals surface area contributed by atoms with Gasteiger partial charge in [-0.25, -0.2) is 4.79 Å². The molecule has 2 nitrogen and oxygen atoms in total. The molecule has 0 aromatic carbocycles. The van der Waals surface area contributed by atoms with Gasteiger partial charge in [-0.15, -0.1) is 6.58 Å². The van der Waals surface area contributed by atoms with Gasteiger partial charge in [-0.2, -0.15) is 0 Å². The molecule has 0 spiro atoms. The van der Waals surface area contributed by atoms with Crippen LogP contribution in [0.4, 0.5) is 0 Å². The number of hydrogen-bond acceptors (Lipinski definition) is 2. The Morgan fingerprint density at radius 1 is 1.40 bits per heavy atom. The first kappa shape index (κ1) is 13.9. The Balaban J connectivity index is 4.11. The highest BCUT2D eigenvalue weighted by molar-refractivity contribution is 5.81. The van der Waals surface area contributed by atoms with Gasteiger partial charge in [0.05, 0.1) is 0 Å². The fraction of sp³-hybridized carbons (Fsp3) is 0.615. The van der Waals surface area contributed by atoms with Crippen LogP contribution in [0.2, 0.25) is 0 Å². The Hall–Kier alpha value is -1.05. The molecule has 0 aromatic heterocycles. The summed E-state index contributed by atoms with van der Waals surface area (Å²) < 4.78 is 5.27. The summed E-state index contributed by atoms with van der Waals surface area (Å²) in [6.07, 6.45) is 7.32. The molecule has 86 valence electrons. The van der Waals surface area contributed by atoms with Gasteiger partial charge in [0.25, 0.3) is 0 Å². The van der Waals surface area contributed by atoms with Crippen molar-refractivity contribution in [2.24, 2.45) is 5.92 Å². The zero-order valence-electron chi connectivity index (χ0n) is 9.87. The lowest BCUT2D eigenvalue weighted by molar-refractivity contribution is -0.145. The van der Waals surface area contributed by atoms with Gasteiger partial charge in [-0.1, -0.05) is 39.3 Å². The van der Waals surface area contributed by atoms with E-state index < -0.39 is 0 Å². The topological polar surface area (TPSA) is 26.3 Å². The van der Waals surface area contributed by atoms with Crippen LogP contribution in [0, 0.1) is 5.92 Å². The fourth-order valence-electron chi connectivity index (χ4n) is 1.37. The van der Waals surface area contributed by atoms with Crippen LogP contribution in [0.3, 0.4) is 0 Å². The summed E-state index contributed by atoms with van der Waals surface area (Å²) in [5.41, 5.74) is 0. The van der Waals surface area contributed by atoms with Crippen LogP contribution >= 0.6 is 0 Å². The third-order valence-electron chi connectivity index (χ3n) is 2.48. The molecule has 0 aliphatic rings. The van der Waals surface area contributed by atoms with E-state index in [2.05, 4.69) is 20.1 Å². The van der Waals surface area contributed by atoms with Gasteiger partial charge in [0.1, 0.15) is 6.10 Å². The zero-order valence-corrected chi connectivity index (χ0v) is 9.87. The number of ether oxygens (including phenoxy) is 1. The van der Waals surface area contributed by atoms with Gasteiger partial charge in [-0.3, -0.25) is 0 Å². The first-order valence-corrected chi connectivity index (χ1v) is 5.61. The fourth-order valence-corrected chi connectivity index (χ4v) is 1.37. The van der Waals surface area contributed by atoms with Crippen molar-refractivity contribution in [3.63, 3.8) is 0 Å². The van der Waals surface area contributed by atoms with E-state index in [1.807, 2.05) is 13.0 Å². The summed E-state index contributed by atoms with van der Waals surface area (Å²) in [7, 11) is 0. The second-order valence-corrected chi connectivity index (χ2v) is 3.77. The molecule has 0 fully saturated rings. The van der Waals surface area contributed by atoms with Crippen molar-refractivity contribution in [1.29, 1.82) is 0 Å². The number of carbonyl (C=O) groups excluding carboxylic acids is 1. The molecule has 0 unspecified atom stereocenters. The highest BCUT2D eigenvalue weighted by Gasteiger charge is 2.17. The smallest absolute Gasteiger partial charge is 0.330 e. The monoisotopic (exact) mass is 210 g/mol. The lowest BCUT2D eigenvalue weighted by Crippen LogP contribution is -2.23. The standard InChI is InChI=1S/C13H22O2/c1-5-8-9-10-12(11(4)6-2)15-13(14)7-3/h6-7,11-12H,2-3,5,8-10H2,1,4H3/t11-,12-/m0/s1. The molecule has 2 heteroatoms. The van der Waals surface area contributed by atoms with Gasteiger partial charge < -0.3 is 4.74 Å². The summed E-state index contributed by atoms with van der Waals surface area (Å²) in [6.45, 7) is 11.3. The molecule has 0 saturated heterocycles. The van der Waals surface area contributed by atoms with E-state index in [-0.39, 0.29) is 18.0 Å². The second-order valence-electron chi connectivity index (χ2n) is 3.77. The molecule has 15 heavy (non-hydrogen) atoms. The van der Waals surface area contributed by atoms with Crippen molar-refractivity contribution in [2.75, 3.05) is 0 Å². The van der Waals surface area contributed by atoms with E-state index >= 15 is 0 Å². The summed E-state index contributed by atoms with van der Waals surface area (Å²) in [6, 6.07) is 0. The zero-order chi connectivity index (χ0) is 11.7. The molecule has 0 radical (unpaired) electrons. The van der Waals surface area contributed by atoms with Crippen LogP contribution in [-0.2, 0) is 9.53 Å². The first-order chi connectivity index (χ1) is 7.15. The Bertz CT molecular complexity index is 209. The number of esters is 1. The van der Waals surface area contributed by atoms with Crippen molar-refractivity contribution >= 4 is 5.97 Å². The van der Waals surface area contributed by atoms with Crippen LogP contribution < -0.4 is 0 Å². The Kier molecular flexibility index (Phi) is 7.69.